The molecule has 0 aliphatic rings. The van der Waals surface area contributed by atoms with Crippen molar-refractivity contribution in [3.05, 3.63) is 71.3 Å². The molecule has 0 saturated heterocycles. The van der Waals surface area contributed by atoms with Crippen LogP contribution in [0, 0.1) is 0 Å². The van der Waals surface area contributed by atoms with E-state index in [4.69, 9.17) is 5.73 Å². The van der Waals surface area contributed by atoms with Crippen molar-refractivity contribution in [2.45, 2.75) is 19.4 Å². The summed E-state index contributed by atoms with van der Waals surface area (Å²) in [5, 5.41) is 0. The quantitative estimate of drug-likeness (QED) is 0.828. The summed E-state index contributed by atoms with van der Waals surface area (Å²) in [6.07, 6.45) is 0.986. The van der Waals surface area contributed by atoms with Gasteiger partial charge in [-0.1, -0.05) is 54.6 Å². The molecule has 2 aromatic carbocycles. The van der Waals surface area contributed by atoms with E-state index in [2.05, 4.69) is 48.5 Å². The monoisotopic (exact) mass is 211 g/mol. The maximum Gasteiger partial charge on any atom is 0.0266 e. The Morgan fingerprint density at radius 3 is 2.00 bits per heavy atom. The van der Waals surface area contributed by atoms with E-state index in [1.165, 1.54) is 16.7 Å². The molecule has 2 N–H and O–H groups in total. The molecular weight excluding hydrogens is 194 g/mol. The minimum absolute atomic E-state index is 0.116. The van der Waals surface area contributed by atoms with Crippen LogP contribution in [0.15, 0.2) is 54.6 Å². The van der Waals surface area contributed by atoms with Crippen LogP contribution in [0.4, 0.5) is 0 Å². The summed E-state index contributed by atoms with van der Waals surface area (Å²) in [5.74, 6) is 0. The van der Waals surface area contributed by atoms with E-state index in [9.17, 15) is 0 Å². The Morgan fingerprint density at radius 2 is 1.44 bits per heavy atom. The third kappa shape index (κ3) is 2.71. The minimum atomic E-state index is 0.116. The van der Waals surface area contributed by atoms with Gasteiger partial charge in [-0.3, -0.25) is 0 Å². The normalized spacial score (nSPS) is 12.4. The highest BCUT2D eigenvalue weighted by atomic mass is 14.6. The summed E-state index contributed by atoms with van der Waals surface area (Å²) in [7, 11) is 0. The zero-order valence-corrected chi connectivity index (χ0v) is 9.56. The molecule has 0 aliphatic carbocycles. The maximum atomic E-state index is 5.82. The Morgan fingerprint density at radius 1 is 0.875 bits per heavy atom. The van der Waals surface area contributed by atoms with Crippen LogP contribution >= 0.6 is 0 Å². The van der Waals surface area contributed by atoms with Gasteiger partial charge in [0.25, 0.3) is 0 Å². The third-order valence-corrected chi connectivity index (χ3v) is 2.76. The van der Waals surface area contributed by atoms with E-state index in [1.807, 2.05) is 13.0 Å². The first-order valence-electron chi connectivity index (χ1n) is 5.64. The molecule has 0 heterocycles. The first-order chi connectivity index (χ1) is 7.75. The number of rotatable bonds is 3. The first-order valence-corrected chi connectivity index (χ1v) is 5.64. The molecule has 1 atom stereocenters. The predicted molar refractivity (Wildman–Crippen MR) is 68.3 cm³/mol. The molecule has 0 amide bonds. The highest BCUT2D eigenvalue weighted by Crippen LogP contribution is 2.13. The largest absolute Gasteiger partial charge is 0.324 e. The second-order valence-electron chi connectivity index (χ2n) is 4.19. The summed E-state index contributed by atoms with van der Waals surface area (Å²) < 4.78 is 0. The minimum Gasteiger partial charge on any atom is -0.324 e. The molecular formula is C15H17N. The Labute approximate surface area is 96.9 Å². The lowest BCUT2D eigenvalue weighted by Crippen LogP contribution is -2.04. The molecule has 0 radical (unpaired) electrons. The second kappa shape index (κ2) is 4.95. The molecule has 0 bridgehead atoms. The zero-order chi connectivity index (χ0) is 11.4. The second-order valence-corrected chi connectivity index (χ2v) is 4.19. The average molecular weight is 211 g/mol. The van der Waals surface area contributed by atoms with Gasteiger partial charge in [0.2, 0.25) is 0 Å². The van der Waals surface area contributed by atoms with Crippen molar-refractivity contribution in [1.29, 1.82) is 0 Å². The summed E-state index contributed by atoms with van der Waals surface area (Å²) in [4.78, 5) is 0. The molecule has 1 heteroatoms. The maximum absolute atomic E-state index is 5.82. The lowest BCUT2D eigenvalue weighted by molar-refractivity contribution is 0.817. The first kappa shape index (κ1) is 10.9. The molecule has 0 spiro atoms. The Kier molecular flexibility index (Phi) is 3.37. The number of nitrogens with two attached hydrogens (primary N) is 1. The van der Waals surface area contributed by atoms with Gasteiger partial charge in [0, 0.05) is 6.04 Å². The number of benzene rings is 2. The standard InChI is InChI=1S/C15H17N/c1-12(16)15-9-7-14(8-10-15)11-13-5-3-2-4-6-13/h2-10,12H,11,16H2,1H3/t12-/m0/s1. The molecule has 0 saturated carbocycles. The van der Waals surface area contributed by atoms with Crippen LogP contribution in [0.5, 0.6) is 0 Å². The summed E-state index contributed by atoms with van der Waals surface area (Å²) >= 11 is 0. The van der Waals surface area contributed by atoms with E-state index >= 15 is 0 Å². The van der Waals surface area contributed by atoms with E-state index in [-0.39, 0.29) is 6.04 Å². The molecule has 0 unspecified atom stereocenters. The van der Waals surface area contributed by atoms with Gasteiger partial charge in [-0.2, -0.15) is 0 Å². The Bertz CT molecular complexity index is 429. The van der Waals surface area contributed by atoms with Crippen LogP contribution in [0.1, 0.15) is 29.7 Å². The van der Waals surface area contributed by atoms with Crippen molar-refractivity contribution in [1.82, 2.24) is 0 Å². The van der Waals surface area contributed by atoms with Gasteiger partial charge in [-0.15, -0.1) is 0 Å². The lowest BCUT2D eigenvalue weighted by atomic mass is 10.0. The topological polar surface area (TPSA) is 26.0 Å². The zero-order valence-electron chi connectivity index (χ0n) is 9.56. The summed E-state index contributed by atoms with van der Waals surface area (Å²) in [5.41, 5.74) is 9.68. The fourth-order valence-electron chi connectivity index (χ4n) is 1.77. The SMILES string of the molecule is C[C@H](N)c1ccc(Cc2ccccc2)cc1. The van der Waals surface area contributed by atoms with E-state index in [0.29, 0.717) is 0 Å². The van der Waals surface area contributed by atoms with Crippen molar-refractivity contribution in [3.8, 4) is 0 Å². The number of hydrogen-bond donors (Lipinski definition) is 1. The summed E-state index contributed by atoms with van der Waals surface area (Å²) in [6.45, 7) is 2.01. The molecule has 2 rings (SSSR count). The molecule has 82 valence electrons. The Hall–Kier alpha value is -1.60. The molecule has 0 aliphatic heterocycles. The van der Waals surface area contributed by atoms with Crippen molar-refractivity contribution in [3.63, 3.8) is 0 Å². The molecule has 0 aromatic heterocycles. The fraction of sp³-hybridized carbons (Fsp3) is 0.200. The van der Waals surface area contributed by atoms with Crippen molar-refractivity contribution < 1.29 is 0 Å². The highest BCUT2D eigenvalue weighted by molar-refractivity contribution is 5.29. The van der Waals surface area contributed by atoms with Gasteiger partial charge in [0.1, 0.15) is 0 Å². The summed E-state index contributed by atoms with van der Waals surface area (Å²) in [6, 6.07) is 19.2. The molecule has 2 aromatic rings. The van der Waals surface area contributed by atoms with Gasteiger partial charge in [-0.05, 0) is 30.0 Å². The van der Waals surface area contributed by atoms with Crippen molar-refractivity contribution in [2.75, 3.05) is 0 Å². The van der Waals surface area contributed by atoms with Crippen LogP contribution in [-0.4, -0.2) is 0 Å². The van der Waals surface area contributed by atoms with Gasteiger partial charge in [0.15, 0.2) is 0 Å². The van der Waals surface area contributed by atoms with Crippen molar-refractivity contribution in [2.24, 2.45) is 5.73 Å². The van der Waals surface area contributed by atoms with Crippen LogP contribution in [-0.2, 0) is 6.42 Å². The molecule has 0 fully saturated rings. The van der Waals surface area contributed by atoms with Crippen LogP contribution in [0.25, 0.3) is 0 Å². The van der Waals surface area contributed by atoms with Gasteiger partial charge in [-0.25, -0.2) is 0 Å². The van der Waals surface area contributed by atoms with Gasteiger partial charge in [0.05, 0.1) is 0 Å². The van der Waals surface area contributed by atoms with Crippen LogP contribution in [0.2, 0.25) is 0 Å². The van der Waals surface area contributed by atoms with E-state index < -0.39 is 0 Å². The van der Waals surface area contributed by atoms with Crippen molar-refractivity contribution >= 4 is 0 Å². The highest BCUT2D eigenvalue weighted by Gasteiger charge is 1.99. The van der Waals surface area contributed by atoms with Crippen LogP contribution < -0.4 is 5.73 Å². The average Bonchev–Trinajstić information content (AvgIpc) is 2.31. The smallest absolute Gasteiger partial charge is 0.0266 e. The third-order valence-electron chi connectivity index (χ3n) is 2.76. The van der Waals surface area contributed by atoms with Gasteiger partial charge >= 0.3 is 0 Å². The van der Waals surface area contributed by atoms with E-state index in [0.717, 1.165) is 6.42 Å². The Balaban J connectivity index is 2.11. The van der Waals surface area contributed by atoms with E-state index in [1.54, 1.807) is 0 Å². The number of hydrogen-bond acceptors (Lipinski definition) is 1. The molecule has 16 heavy (non-hydrogen) atoms. The molecule has 1 nitrogen and oxygen atoms in total. The fourth-order valence-corrected chi connectivity index (χ4v) is 1.77. The van der Waals surface area contributed by atoms with Crippen LogP contribution in [0.3, 0.4) is 0 Å². The van der Waals surface area contributed by atoms with Gasteiger partial charge < -0.3 is 5.73 Å². The predicted octanol–water partition coefficient (Wildman–Crippen LogP) is 3.30. The lowest BCUT2D eigenvalue weighted by Gasteiger charge is -2.07.